The topological polar surface area (TPSA) is 29.9 Å². The first-order chi connectivity index (χ1) is 45.7. The zero-order valence-corrected chi connectivity index (χ0v) is 67.3. The van der Waals surface area contributed by atoms with E-state index in [9.17, 15) is 0 Å². The molecule has 0 radical (unpaired) electrons. The van der Waals surface area contributed by atoms with Crippen molar-refractivity contribution in [1.82, 2.24) is 4.57 Å². The van der Waals surface area contributed by atoms with Gasteiger partial charge < -0.3 is 23.8 Å². The van der Waals surface area contributed by atoms with Gasteiger partial charge in [-0.1, -0.05) is 256 Å². The third-order valence-corrected chi connectivity index (χ3v) is 20.3. The molecule has 0 spiro atoms. The summed E-state index contributed by atoms with van der Waals surface area (Å²) < 4.78 is 17.5. The van der Waals surface area contributed by atoms with Crippen molar-refractivity contribution >= 4 is 55.9 Å². The molecule has 0 amide bonds. The van der Waals surface area contributed by atoms with Crippen LogP contribution in [-0.4, -0.2) is 4.57 Å². The van der Waals surface area contributed by atoms with Crippen molar-refractivity contribution in [3.8, 4) is 28.7 Å². The molecule has 0 bridgehead atoms. The summed E-state index contributed by atoms with van der Waals surface area (Å²) in [6.45, 7) is 71.8. The van der Waals surface area contributed by atoms with Gasteiger partial charge in [0.15, 0.2) is 0 Å². The van der Waals surface area contributed by atoms with E-state index in [2.05, 4.69) is 399 Å². The van der Waals surface area contributed by atoms with Gasteiger partial charge in [-0.05, 0) is 214 Å². The Morgan fingerprint density at radius 3 is 0.710 bits per heavy atom. The van der Waals surface area contributed by atoms with Crippen molar-refractivity contribution in [3.05, 3.63) is 231 Å². The van der Waals surface area contributed by atoms with Crippen molar-refractivity contribution in [2.45, 2.75) is 269 Å². The van der Waals surface area contributed by atoms with Crippen LogP contribution in [0.25, 0.3) is 27.5 Å². The SMILES string of the molecule is Cc1c(Oc2cccc(N(c3cc(C(C)(C)C)cc(C(C)(C)C)c3)c3cc(C(C)(C)C)cc(C(C)(C)C)c3)c2)cc(-n2c3ccc(C(C)(C)C)cc3c3cc(C(C)(C)C)ccc32)cc1Oc1cccc(N(c2cc(C(C)(C)C)cc(C(C)(C)C)c2)c2cc(C(C)(C)C)cc(C(C)(C)C)c2)c1. The molecule has 100 heavy (non-hydrogen) atoms. The highest BCUT2D eigenvalue weighted by molar-refractivity contribution is 6.10. The van der Waals surface area contributed by atoms with Gasteiger partial charge in [0.1, 0.15) is 23.0 Å². The Morgan fingerprint density at radius 1 is 0.240 bits per heavy atom. The highest BCUT2D eigenvalue weighted by Crippen LogP contribution is 2.49. The molecule has 9 aromatic carbocycles. The Balaban J connectivity index is 1.23. The molecule has 528 valence electrons. The summed E-state index contributed by atoms with van der Waals surface area (Å²) in [7, 11) is 0. The maximum Gasteiger partial charge on any atom is 0.136 e. The third-order valence-electron chi connectivity index (χ3n) is 20.3. The summed E-state index contributed by atoms with van der Waals surface area (Å²) in [5.74, 6) is 2.81. The minimum absolute atomic E-state index is 0.0621. The molecule has 0 saturated heterocycles. The summed E-state index contributed by atoms with van der Waals surface area (Å²) >= 11 is 0. The van der Waals surface area contributed by atoms with E-state index >= 15 is 0 Å². The molecule has 0 aliphatic rings. The summed E-state index contributed by atoms with van der Waals surface area (Å²) in [4.78, 5) is 4.94. The second kappa shape index (κ2) is 25.8. The number of fused-ring (bicyclic) bond motifs is 3. The number of hydrogen-bond acceptors (Lipinski definition) is 4. The Kier molecular flexibility index (Phi) is 19.3. The van der Waals surface area contributed by atoms with Crippen LogP contribution < -0.4 is 19.3 Å². The van der Waals surface area contributed by atoms with Gasteiger partial charge in [-0.15, -0.1) is 0 Å². The van der Waals surface area contributed by atoms with Crippen LogP contribution in [0.15, 0.2) is 170 Å². The van der Waals surface area contributed by atoms with Crippen molar-refractivity contribution in [2.75, 3.05) is 9.80 Å². The predicted molar refractivity (Wildman–Crippen MR) is 435 cm³/mol. The first kappa shape index (κ1) is 74.7. The molecule has 10 aromatic rings. The van der Waals surface area contributed by atoms with Gasteiger partial charge in [0, 0.05) is 74.7 Å². The molecule has 0 saturated carbocycles. The smallest absolute Gasteiger partial charge is 0.136 e. The number of benzene rings is 9. The molecule has 0 fully saturated rings. The van der Waals surface area contributed by atoms with Crippen LogP contribution in [0.2, 0.25) is 0 Å². The number of aromatic nitrogens is 1. The van der Waals surface area contributed by atoms with E-state index in [1.54, 1.807) is 0 Å². The fraction of sp³-hybridized carbons (Fsp3) is 0.432. The van der Waals surface area contributed by atoms with Gasteiger partial charge in [-0.25, -0.2) is 0 Å². The molecular weight excluding hydrogens is 1220 g/mol. The van der Waals surface area contributed by atoms with Crippen molar-refractivity contribution in [1.29, 1.82) is 0 Å². The molecule has 0 unspecified atom stereocenters. The van der Waals surface area contributed by atoms with Crippen LogP contribution >= 0.6 is 0 Å². The van der Waals surface area contributed by atoms with Crippen LogP contribution in [0.5, 0.6) is 23.0 Å². The van der Waals surface area contributed by atoms with Gasteiger partial charge in [0.25, 0.3) is 0 Å². The van der Waals surface area contributed by atoms with E-state index in [1.165, 1.54) is 66.4 Å². The third kappa shape index (κ3) is 16.2. The van der Waals surface area contributed by atoms with Crippen LogP contribution in [-0.2, 0) is 54.1 Å². The van der Waals surface area contributed by atoms with E-state index in [0.29, 0.717) is 23.0 Å². The number of nitrogens with zero attached hydrogens (tertiary/aromatic N) is 3. The van der Waals surface area contributed by atoms with E-state index in [4.69, 9.17) is 9.47 Å². The van der Waals surface area contributed by atoms with E-state index in [1.807, 2.05) is 0 Å². The van der Waals surface area contributed by atoms with Crippen molar-refractivity contribution in [2.24, 2.45) is 0 Å². The summed E-state index contributed by atoms with van der Waals surface area (Å²) in [5.41, 5.74) is 22.4. The van der Waals surface area contributed by atoms with E-state index < -0.39 is 0 Å². The monoisotopic (exact) mass is 1340 g/mol. The first-order valence-corrected chi connectivity index (χ1v) is 36.8. The molecule has 0 N–H and O–H groups in total. The van der Waals surface area contributed by atoms with Crippen LogP contribution in [0.4, 0.5) is 34.1 Å². The first-order valence-electron chi connectivity index (χ1n) is 36.8. The van der Waals surface area contributed by atoms with Gasteiger partial charge in [-0.2, -0.15) is 0 Å². The Bertz CT molecular complexity index is 4130. The second-order valence-corrected chi connectivity index (χ2v) is 39.3. The Morgan fingerprint density at radius 2 is 0.480 bits per heavy atom. The lowest BCUT2D eigenvalue weighted by Gasteiger charge is -2.33. The van der Waals surface area contributed by atoms with Crippen LogP contribution in [0.1, 0.15) is 269 Å². The minimum atomic E-state index is -0.109. The average Bonchev–Trinajstić information content (AvgIpc) is 1.58. The highest BCUT2D eigenvalue weighted by Gasteiger charge is 2.32. The molecule has 10 rings (SSSR count). The maximum atomic E-state index is 7.56. The molecular formula is C95H121N3O2. The van der Waals surface area contributed by atoms with E-state index in [-0.39, 0.29) is 54.1 Å². The normalized spacial score (nSPS) is 13.3. The molecule has 1 heterocycles. The lowest BCUT2D eigenvalue weighted by Crippen LogP contribution is -2.21. The summed E-state index contributed by atoms with van der Waals surface area (Å²) in [6.07, 6.45) is 0. The summed E-state index contributed by atoms with van der Waals surface area (Å²) in [6, 6.07) is 65.0. The van der Waals surface area contributed by atoms with Gasteiger partial charge in [0.05, 0.1) is 16.7 Å². The van der Waals surface area contributed by atoms with Crippen molar-refractivity contribution < 1.29 is 9.47 Å². The molecule has 5 nitrogen and oxygen atoms in total. The fourth-order valence-corrected chi connectivity index (χ4v) is 13.2. The highest BCUT2D eigenvalue weighted by atomic mass is 16.5. The Labute approximate surface area is 604 Å². The lowest BCUT2D eigenvalue weighted by atomic mass is 9.79. The van der Waals surface area contributed by atoms with Crippen molar-refractivity contribution in [3.63, 3.8) is 0 Å². The zero-order valence-electron chi connectivity index (χ0n) is 67.3. The quantitative estimate of drug-likeness (QED) is 0.129. The predicted octanol–water partition coefficient (Wildman–Crippen LogP) is 28.6. The largest absolute Gasteiger partial charge is 0.457 e. The number of hydrogen-bond donors (Lipinski definition) is 0. The lowest BCUT2D eigenvalue weighted by molar-refractivity contribution is 0.453. The fourth-order valence-electron chi connectivity index (χ4n) is 13.2. The number of anilines is 6. The molecule has 1 aromatic heterocycles. The summed E-state index contributed by atoms with van der Waals surface area (Å²) in [5, 5.41) is 2.43. The zero-order chi connectivity index (χ0) is 74.0. The molecule has 0 atom stereocenters. The number of rotatable bonds is 11. The molecule has 0 aliphatic carbocycles. The van der Waals surface area contributed by atoms with E-state index in [0.717, 1.165) is 56.4 Å². The second-order valence-electron chi connectivity index (χ2n) is 39.3. The van der Waals surface area contributed by atoms with Gasteiger partial charge in [0.2, 0.25) is 0 Å². The molecule has 5 heteroatoms. The van der Waals surface area contributed by atoms with Crippen LogP contribution in [0, 0.1) is 6.92 Å². The average molecular weight is 1340 g/mol. The standard InChI is InChI=1S/C95H121N3O2/c1-60-84(99-78-36-32-34-71(56-78)96(73-46-63(88(8,9)10)42-64(47-73)89(11,12)13)74-48-65(90(14,15)16)43-66(49-74)91(17,18)19)58-77(98-82-40-38-61(86(2,3)4)54-80(82)81-55-62(87(5,6)7)39-41-83(81)98)59-85(60)100-79-37-33-35-72(57-79)97(75-50-67(92(20,21)22)44-68(51-75)93(23,24)25)76-52-69(94(26,27)28)45-70(53-76)95(29,30)31/h32-59H,1-31H3. The van der Waals surface area contributed by atoms with Crippen LogP contribution in [0.3, 0.4) is 0 Å². The van der Waals surface area contributed by atoms with Gasteiger partial charge >= 0.3 is 0 Å². The van der Waals surface area contributed by atoms with Gasteiger partial charge in [-0.3, -0.25) is 0 Å². The maximum absolute atomic E-state index is 7.56. The Hall–Kier alpha value is -8.02. The number of ether oxygens (including phenoxy) is 2. The minimum Gasteiger partial charge on any atom is -0.457 e. The molecule has 0 aliphatic heterocycles.